The molecule has 0 fully saturated rings. The molecule has 3 aromatic rings. The molecule has 0 aliphatic carbocycles. The van der Waals surface area contributed by atoms with Gasteiger partial charge in [0.15, 0.2) is 11.6 Å². The van der Waals surface area contributed by atoms with E-state index in [1.54, 1.807) is 11.8 Å². The summed E-state index contributed by atoms with van der Waals surface area (Å²) in [6.07, 6.45) is 5.93. The Balaban J connectivity index is 1.48. The highest BCUT2D eigenvalue weighted by Crippen LogP contribution is 2.15. The topological polar surface area (TPSA) is 57.8 Å². The van der Waals surface area contributed by atoms with Crippen LogP contribution in [0.5, 0.6) is 0 Å². The van der Waals surface area contributed by atoms with E-state index in [0.717, 1.165) is 43.4 Å². The molecule has 0 aliphatic heterocycles. The van der Waals surface area contributed by atoms with Crippen molar-refractivity contribution >= 4 is 23.4 Å². The number of hydrogen-bond acceptors (Lipinski definition) is 4. The fraction of sp³-hybridized carbons (Fsp3) is 0.350. The highest BCUT2D eigenvalue weighted by Gasteiger charge is 2.08. The van der Waals surface area contributed by atoms with E-state index in [1.807, 2.05) is 35.8 Å². The van der Waals surface area contributed by atoms with Crippen molar-refractivity contribution in [3.05, 3.63) is 60.0 Å². The largest absolute Gasteiger partial charge is 0.356 e. The second-order valence-corrected chi connectivity index (χ2v) is 7.21. The van der Waals surface area contributed by atoms with Gasteiger partial charge in [-0.25, -0.2) is 0 Å². The molecule has 142 valence electrons. The van der Waals surface area contributed by atoms with Gasteiger partial charge in [0, 0.05) is 44.7 Å². The van der Waals surface area contributed by atoms with Crippen molar-refractivity contribution in [3.8, 4) is 0 Å². The first-order valence-corrected chi connectivity index (χ1v) is 10.3. The van der Waals surface area contributed by atoms with Crippen molar-refractivity contribution in [2.24, 2.45) is 4.99 Å². The van der Waals surface area contributed by atoms with E-state index in [9.17, 15) is 0 Å². The molecule has 0 atom stereocenters. The second kappa shape index (κ2) is 9.41. The molecule has 1 aromatic carbocycles. The zero-order chi connectivity index (χ0) is 19.1. The summed E-state index contributed by atoms with van der Waals surface area (Å²) in [6, 6.07) is 14.6. The summed E-state index contributed by atoms with van der Waals surface area (Å²) in [5, 5.41) is 11.9. The molecule has 2 aromatic heterocycles. The summed E-state index contributed by atoms with van der Waals surface area (Å²) >= 11 is 1.76. The number of rotatable bonds is 7. The zero-order valence-corrected chi connectivity index (χ0v) is 16.9. The normalized spacial score (nSPS) is 11.7. The third kappa shape index (κ3) is 5.01. The van der Waals surface area contributed by atoms with E-state index in [1.165, 1.54) is 10.5 Å². The van der Waals surface area contributed by atoms with Crippen molar-refractivity contribution in [1.29, 1.82) is 0 Å². The molecular weight excluding hydrogens is 356 g/mol. The van der Waals surface area contributed by atoms with Gasteiger partial charge in [0.05, 0.1) is 0 Å². The quantitative estimate of drug-likeness (QED) is 0.294. The number of nitrogens with one attached hydrogen (secondary N) is 1. The minimum Gasteiger partial charge on any atom is -0.356 e. The third-order valence-electron chi connectivity index (χ3n) is 4.40. The number of aliphatic imine (C=N–C) groups is 1. The average Bonchev–Trinajstić information content (AvgIpc) is 3.12. The molecule has 3 rings (SSSR count). The number of benzene rings is 1. The molecular formula is C20H26N6S. The summed E-state index contributed by atoms with van der Waals surface area (Å²) in [5.74, 6) is 1.89. The van der Waals surface area contributed by atoms with E-state index in [0.29, 0.717) is 0 Å². The molecule has 0 unspecified atom stereocenters. The predicted molar refractivity (Wildman–Crippen MR) is 112 cm³/mol. The van der Waals surface area contributed by atoms with Gasteiger partial charge in [-0.2, -0.15) is 0 Å². The van der Waals surface area contributed by atoms with Crippen molar-refractivity contribution in [2.45, 2.75) is 24.3 Å². The molecule has 2 heterocycles. The minimum absolute atomic E-state index is 0.823. The molecule has 0 amide bonds. The molecule has 6 nitrogen and oxygen atoms in total. The van der Waals surface area contributed by atoms with Crippen LogP contribution in [0, 0.1) is 0 Å². The first-order valence-electron chi connectivity index (χ1n) is 9.04. The van der Waals surface area contributed by atoms with Crippen LogP contribution in [0.2, 0.25) is 0 Å². The van der Waals surface area contributed by atoms with Gasteiger partial charge in [0.2, 0.25) is 0 Å². The third-order valence-corrected chi connectivity index (χ3v) is 5.14. The van der Waals surface area contributed by atoms with E-state index >= 15 is 0 Å². The van der Waals surface area contributed by atoms with Crippen LogP contribution in [0.15, 0.2) is 58.5 Å². The van der Waals surface area contributed by atoms with Gasteiger partial charge in [-0.1, -0.05) is 18.2 Å². The number of hydrogen-bond donors (Lipinski definition) is 1. The van der Waals surface area contributed by atoms with Crippen LogP contribution in [-0.4, -0.2) is 52.4 Å². The van der Waals surface area contributed by atoms with Gasteiger partial charge < -0.3 is 10.2 Å². The van der Waals surface area contributed by atoms with Crippen molar-refractivity contribution < 1.29 is 0 Å². The molecule has 0 radical (unpaired) electrons. The molecule has 1 N–H and O–H groups in total. The molecule has 0 saturated heterocycles. The highest BCUT2D eigenvalue weighted by atomic mass is 32.2. The van der Waals surface area contributed by atoms with Crippen molar-refractivity contribution in [1.82, 2.24) is 24.8 Å². The van der Waals surface area contributed by atoms with E-state index in [2.05, 4.69) is 63.0 Å². The molecule has 0 aliphatic rings. The molecule has 0 spiro atoms. The smallest absolute Gasteiger partial charge is 0.193 e. The van der Waals surface area contributed by atoms with Crippen LogP contribution < -0.4 is 5.32 Å². The van der Waals surface area contributed by atoms with Gasteiger partial charge >= 0.3 is 0 Å². The van der Waals surface area contributed by atoms with Crippen molar-refractivity contribution in [3.63, 3.8) is 0 Å². The van der Waals surface area contributed by atoms with Crippen molar-refractivity contribution in [2.75, 3.05) is 26.9 Å². The van der Waals surface area contributed by atoms with Gasteiger partial charge in [-0.15, -0.1) is 22.0 Å². The van der Waals surface area contributed by atoms with Crippen LogP contribution in [-0.2, 0) is 13.0 Å². The van der Waals surface area contributed by atoms with Crippen LogP contribution in [0.1, 0.15) is 17.8 Å². The van der Waals surface area contributed by atoms with Gasteiger partial charge in [-0.05, 0) is 42.5 Å². The van der Waals surface area contributed by atoms with Crippen LogP contribution >= 0.6 is 11.8 Å². The number of pyridine rings is 1. The number of nitrogens with zero attached hydrogens (tertiary/aromatic N) is 5. The Labute approximate surface area is 164 Å². The number of fused-ring (bicyclic) bond motifs is 1. The maximum absolute atomic E-state index is 4.40. The molecule has 7 heteroatoms. The first-order chi connectivity index (χ1) is 13.2. The van der Waals surface area contributed by atoms with Crippen LogP contribution in [0.3, 0.4) is 0 Å². The Hall–Kier alpha value is -2.54. The summed E-state index contributed by atoms with van der Waals surface area (Å²) < 4.78 is 2.04. The van der Waals surface area contributed by atoms with Gasteiger partial charge in [0.25, 0.3) is 0 Å². The number of guanidine groups is 1. The monoisotopic (exact) mass is 382 g/mol. The van der Waals surface area contributed by atoms with E-state index < -0.39 is 0 Å². The van der Waals surface area contributed by atoms with Gasteiger partial charge in [-0.3, -0.25) is 9.39 Å². The van der Waals surface area contributed by atoms with E-state index in [-0.39, 0.29) is 0 Å². The SMILES string of the molecule is CN=C(NCCCc1nnc2ccccn12)N(C)Cc1ccc(SC)cc1. The summed E-state index contributed by atoms with van der Waals surface area (Å²) in [6.45, 7) is 1.66. The fourth-order valence-corrected chi connectivity index (χ4v) is 3.38. The Kier molecular flexibility index (Phi) is 6.70. The predicted octanol–water partition coefficient (Wildman–Crippen LogP) is 3.09. The highest BCUT2D eigenvalue weighted by molar-refractivity contribution is 7.98. The Morgan fingerprint density at radius 2 is 2.00 bits per heavy atom. The maximum atomic E-state index is 4.40. The summed E-state index contributed by atoms with van der Waals surface area (Å²) in [4.78, 5) is 7.82. The van der Waals surface area contributed by atoms with Crippen LogP contribution in [0.25, 0.3) is 5.65 Å². The lowest BCUT2D eigenvalue weighted by molar-refractivity contribution is 0.475. The fourth-order valence-electron chi connectivity index (χ4n) is 2.97. The molecule has 0 bridgehead atoms. The first kappa shape index (κ1) is 19.2. The lowest BCUT2D eigenvalue weighted by Gasteiger charge is -2.22. The Bertz CT molecular complexity index is 887. The Morgan fingerprint density at radius 3 is 2.74 bits per heavy atom. The average molecular weight is 383 g/mol. The lowest BCUT2D eigenvalue weighted by Crippen LogP contribution is -2.39. The number of thioether (sulfide) groups is 1. The molecule has 0 saturated carbocycles. The second-order valence-electron chi connectivity index (χ2n) is 6.33. The summed E-state index contributed by atoms with van der Waals surface area (Å²) in [5.41, 5.74) is 2.16. The van der Waals surface area contributed by atoms with Crippen LogP contribution in [0.4, 0.5) is 0 Å². The number of aryl methyl sites for hydroxylation is 1. The maximum Gasteiger partial charge on any atom is 0.193 e. The lowest BCUT2D eigenvalue weighted by atomic mass is 10.2. The standard InChI is InChI=1S/C20H26N6S/c1-21-20(25(2)15-16-9-11-17(27-3)12-10-16)22-13-6-8-19-24-23-18-7-4-5-14-26(18)19/h4-5,7,9-12,14H,6,8,13,15H2,1-3H3,(H,21,22). The minimum atomic E-state index is 0.823. The van der Waals surface area contributed by atoms with Gasteiger partial charge in [0.1, 0.15) is 5.82 Å². The Morgan fingerprint density at radius 1 is 1.19 bits per heavy atom. The molecule has 27 heavy (non-hydrogen) atoms. The zero-order valence-electron chi connectivity index (χ0n) is 16.1. The van der Waals surface area contributed by atoms with E-state index in [4.69, 9.17) is 0 Å². The summed E-state index contributed by atoms with van der Waals surface area (Å²) in [7, 11) is 3.88. The number of aromatic nitrogens is 3.